The Hall–Kier alpha value is -0.450. The molecule has 1 aromatic heterocycles. The quantitative estimate of drug-likeness (QED) is 0.897. The van der Waals surface area contributed by atoms with Gasteiger partial charge in [-0.15, -0.1) is 11.3 Å². The highest BCUT2D eigenvalue weighted by Crippen LogP contribution is 2.24. The van der Waals surface area contributed by atoms with E-state index in [1.54, 1.807) is 11.3 Å². The molecule has 1 fully saturated rings. The van der Waals surface area contributed by atoms with Crippen LogP contribution in [0.1, 0.15) is 48.7 Å². The van der Waals surface area contributed by atoms with Crippen molar-refractivity contribution < 1.29 is 5.11 Å². The molecule has 1 unspecified atom stereocenters. The number of aliphatic hydroxyl groups is 1. The number of rotatable bonds is 4. The van der Waals surface area contributed by atoms with Gasteiger partial charge in [0.25, 0.3) is 0 Å². The Morgan fingerprint density at radius 1 is 1.47 bits per heavy atom. The molecule has 96 valence electrons. The molecule has 1 N–H and O–H groups in total. The fourth-order valence-electron chi connectivity index (χ4n) is 2.47. The third kappa shape index (κ3) is 3.06. The van der Waals surface area contributed by atoms with E-state index in [2.05, 4.69) is 23.7 Å². The molecule has 0 radical (unpaired) electrons. The van der Waals surface area contributed by atoms with Crippen LogP contribution in [0.2, 0.25) is 0 Å². The standard InChI is InChI=1S/C13H22N2OS/c1-3-11-12(9-16)17-13(14-11)8-15-7-5-4-6-10(15)2/h10,16H,3-9H2,1-2H3. The zero-order valence-corrected chi connectivity index (χ0v) is 11.6. The number of aryl methyl sites for hydroxylation is 1. The molecule has 4 heteroatoms. The van der Waals surface area contributed by atoms with Crippen molar-refractivity contribution >= 4 is 11.3 Å². The molecule has 3 nitrogen and oxygen atoms in total. The van der Waals surface area contributed by atoms with Gasteiger partial charge in [-0.3, -0.25) is 4.90 Å². The van der Waals surface area contributed by atoms with E-state index in [0.29, 0.717) is 6.04 Å². The van der Waals surface area contributed by atoms with Gasteiger partial charge >= 0.3 is 0 Å². The number of hydrogen-bond acceptors (Lipinski definition) is 4. The van der Waals surface area contributed by atoms with Crippen molar-refractivity contribution in [2.45, 2.75) is 58.7 Å². The smallest absolute Gasteiger partial charge is 0.107 e. The first kappa shape index (κ1) is 13.0. The van der Waals surface area contributed by atoms with E-state index in [9.17, 15) is 5.11 Å². The minimum Gasteiger partial charge on any atom is -0.391 e. The lowest BCUT2D eigenvalue weighted by Gasteiger charge is -2.32. The fourth-order valence-corrected chi connectivity index (χ4v) is 3.51. The number of hydrogen-bond donors (Lipinski definition) is 1. The lowest BCUT2D eigenvalue weighted by molar-refractivity contribution is 0.152. The average molecular weight is 254 g/mol. The molecular weight excluding hydrogens is 232 g/mol. The first-order valence-electron chi connectivity index (χ1n) is 6.57. The van der Waals surface area contributed by atoms with Crippen LogP contribution in [0.4, 0.5) is 0 Å². The third-order valence-corrected chi connectivity index (χ3v) is 4.65. The summed E-state index contributed by atoms with van der Waals surface area (Å²) in [7, 11) is 0. The number of aromatic nitrogens is 1. The molecule has 0 bridgehead atoms. The van der Waals surface area contributed by atoms with Gasteiger partial charge in [0.2, 0.25) is 0 Å². The van der Waals surface area contributed by atoms with Crippen molar-refractivity contribution in [3.63, 3.8) is 0 Å². The van der Waals surface area contributed by atoms with Gasteiger partial charge in [0.05, 0.1) is 23.7 Å². The van der Waals surface area contributed by atoms with Gasteiger partial charge in [-0.25, -0.2) is 4.98 Å². The van der Waals surface area contributed by atoms with E-state index in [1.807, 2.05) is 0 Å². The van der Waals surface area contributed by atoms with Crippen LogP contribution in [0.5, 0.6) is 0 Å². The predicted molar refractivity (Wildman–Crippen MR) is 71.1 cm³/mol. The third-order valence-electron chi connectivity index (χ3n) is 3.58. The molecule has 17 heavy (non-hydrogen) atoms. The Kier molecular flexibility index (Phi) is 4.54. The number of piperidine rings is 1. The summed E-state index contributed by atoms with van der Waals surface area (Å²) in [6, 6.07) is 0.676. The van der Waals surface area contributed by atoms with Crippen LogP contribution in [0, 0.1) is 0 Å². The number of thiazole rings is 1. The molecule has 0 aliphatic carbocycles. The first-order valence-corrected chi connectivity index (χ1v) is 7.38. The van der Waals surface area contributed by atoms with Gasteiger partial charge in [-0.1, -0.05) is 13.3 Å². The zero-order valence-electron chi connectivity index (χ0n) is 10.8. The summed E-state index contributed by atoms with van der Waals surface area (Å²) in [5.74, 6) is 0. The van der Waals surface area contributed by atoms with Gasteiger partial charge < -0.3 is 5.11 Å². The Morgan fingerprint density at radius 2 is 2.29 bits per heavy atom. The van der Waals surface area contributed by atoms with Crippen LogP contribution in [0.3, 0.4) is 0 Å². The van der Waals surface area contributed by atoms with Crippen LogP contribution in [-0.2, 0) is 19.6 Å². The maximum Gasteiger partial charge on any atom is 0.107 e. The summed E-state index contributed by atoms with van der Waals surface area (Å²) < 4.78 is 0. The number of nitrogens with zero attached hydrogens (tertiary/aromatic N) is 2. The van der Waals surface area contributed by atoms with Crippen molar-refractivity contribution in [2.75, 3.05) is 6.54 Å². The summed E-state index contributed by atoms with van der Waals surface area (Å²) in [5.41, 5.74) is 1.08. The van der Waals surface area contributed by atoms with E-state index in [1.165, 1.54) is 30.8 Å². The second kappa shape index (κ2) is 5.94. The predicted octanol–water partition coefficient (Wildman–Crippen LogP) is 2.57. The summed E-state index contributed by atoms with van der Waals surface area (Å²) in [6.45, 7) is 6.69. The van der Waals surface area contributed by atoms with E-state index in [0.717, 1.165) is 23.5 Å². The van der Waals surface area contributed by atoms with Crippen molar-refractivity contribution in [1.29, 1.82) is 0 Å². The van der Waals surface area contributed by atoms with Crippen LogP contribution < -0.4 is 0 Å². The summed E-state index contributed by atoms with van der Waals surface area (Å²) in [6.07, 6.45) is 4.89. The van der Waals surface area contributed by atoms with Crippen molar-refractivity contribution in [1.82, 2.24) is 9.88 Å². The maximum atomic E-state index is 9.28. The van der Waals surface area contributed by atoms with E-state index >= 15 is 0 Å². The highest BCUT2D eigenvalue weighted by molar-refractivity contribution is 7.11. The van der Waals surface area contributed by atoms with Crippen molar-refractivity contribution in [3.8, 4) is 0 Å². The van der Waals surface area contributed by atoms with Crippen molar-refractivity contribution in [3.05, 3.63) is 15.6 Å². The minimum atomic E-state index is 0.135. The van der Waals surface area contributed by atoms with Gasteiger partial charge in [0, 0.05) is 6.04 Å². The molecule has 2 heterocycles. The first-order chi connectivity index (χ1) is 8.24. The molecule has 1 aliphatic heterocycles. The van der Waals surface area contributed by atoms with Crippen LogP contribution in [-0.4, -0.2) is 27.6 Å². The van der Waals surface area contributed by atoms with E-state index < -0.39 is 0 Å². The zero-order chi connectivity index (χ0) is 12.3. The maximum absolute atomic E-state index is 9.28. The molecule has 1 aliphatic rings. The van der Waals surface area contributed by atoms with Crippen LogP contribution in [0.15, 0.2) is 0 Å². The molecule has 1 aromatic rings. The fraction of sp³-hybridized carbons (Fsp3) is 0.769. The number of aliphatic hydroxyl groups excluding tert-OH is 1. The van der Waals surface area contributed by atoms with Crippen molar-refractivity contribution in [2.24, 2.45) is 0 Å². The topological polar surface area (TPSA) is 36.4 Å². The Balaban J connectivity index is 2.04. The second-order valence-corrected chi connectivity index (χ2v) is 5.97. The molecule has 0 aromatic carbocycles. The summed E-state index contributed by atoms with van der Waals surface area (Å²) in [5, 5.41) is 10.4. The second-order valence-electron chi connectivity index (χ2n) is 4.80. The highest BCUT2D eigenvalue weighted by Gasteiger charge is 2.20. The molecular formula is C13H22N2OS. The minimum absolute atomic E-state index is 0.135. The Bertz CT molecular complexity index is 343. The molecule has 2 rings (SSSR count). The monoisotopic (exact) mass is 254 g/mol. The molecule has 1 atom stereocenters. The van der Waals surface area contributed by atoms with E-state index in [-0.39, 0.29) is 6.61 Å². The van der Waals surface area contributed by atoms with Crippen LogP contribution in [0.25, 0.3) is 0 Å². The Labute approximate surface area is 107 Å². The summed E-state index contributed by atoms with van der Waals surface area (Å²) in [4.78, 5) is 8.21. The normalized spacial score (nSPS) is 21.9. The summed E-state index contributed by atoms with van der Waals surface area (Å²) >= 11 is 1.68. The SMILES string of the molecule is CCc1nc(CN2CCCCC2C)sc1CO. The van der Waals surface area contributed by atoms with Gasteiger partial charge in [-0.2, -0.15) is 0 Å². The lowest BCUT2D eigenvalue weighted by atomic mass is 10.0. The van der Waals surface area contributed by atoms with Gasteiger partial charge in [0.1, 0.15) is 5.01 Å². The molecule has 0 spiro atoms. The highest BCUT2D eigenvalue weighted by atomic mass is 32.1. The van der Waals surface area contributed by atoms with Crippen LogP contribution >= 0.6 is 11.3 Å². The lowest BCUT2D eigenvalue weighted by Crippen LogP contribution is -2.36. The molecule has 0 saturated carbocycles. The number of likely N-dealkylation sites (tertiary alicyclic amines) is 1. The average Bonchev–Trinajstić information content (AvgIpc) is 2.74. The molecule has 1 saturated heterocycles. The van der Waals surface area contributed by atoms with Gasteiger partial charge in [0.15, 0.2) is 0 Å². The largest absolute Gasteiger partial charge is 0.391 e. The molecule has 0 amide bonds. The van der Waals surface area contributed by atoms with Gasteiger partial charge in [-0.05, 0) is 32.7 Å². The van der Waals surface area contributed by atoms with E-state index in [4.69, 9.17) is 0 Å². The Morgan fingerprint density at radius 3 is 2.88 bits per heavy atom.